The highest BCUT2D eigenvalue weighted by Gasteiger charge is 2.26. The van der Waals surface area contributed by atoms with Crippen LogP contribution in [0, 0.1) is 5.92 Å². The summed E-state index contributed by atoms with van der Waals surface area (Å²) in [6.45, 7) is 8.25. The van der Waals surface area contributed by atoms with Crippen molar-refractivity contribution >= 4 is 15.9 Å². The van der Waals surface area contributed by atoms with Crippen LogP contribution in [0.15, 0.2) is 53.4 Å². The molecule has 9 heteroatoms. The van der Waals surface area contributed by atoms with Gasteiger partial charge in [-0.25, -0.2) is 8.42 Å². The largest absolute Gasteiger partial charge is 0.497 e. The predicted molar refractivity (Wildman–Crippen MR) is 131 cm³/mol. The number of ether oxygens (including phenoxy) is 2. The first kappa shape index (κ1) is 26.2. The standard InChI is InChI=1S/C25H35N3O5S/c1-19(2)16-24(27-34(30,31)23-10-8-22(32-3)9-11-23)25(29)26-17-20-6-4-5-7-21(20)18-28-12-14-33-15-13-28/h4-11,19,24,27H,12-18H2,1-3H3,(H,26,29). The molecule has 0 aromatic heterocycles. The van der Waals surface area contributed by atoms with Gasteiger partial charge in [0, 0.05) is 26.2 Å². The first-order chi connectivity index (χ1) is 16.3. The van der Waals surface area contributed by atoms with Crippen molar-refractivity contribution in [1.29, 1.82) is 0 Å². The Morgan fingerprint density at radius 2 is 1.71 bits per heavy atom. The maximum atomic E-state index is 13.1. The Bertz CT molecular complexity index is 1030. The van der Waals surface area contributed by atoms with Gasteiger partial charge in [0.25, 0.3) is 0 Å². The molecule has 1 heterocycles. The van der Waals surface area contributed by atoms with Gasteiger partial charge in [-0.05, 0) is 47.7 Å². The molecule has 3 rings (SSSR count). The highest BCUT2D eigenvalue weighted by molar-refractivity contribution is 7.89. The summed E-state index contributed by atoms with van der Waals surface area (Å²) < 4.78 is 39.0. The van der Waals surface area contributed by atoms with E-state index in [9.17, 15) is 13.2 Å². The number of carbonyl (C=O) groups excluding carboxylic acids is 1. The Morgan fingerprint density at radius 3 is 2.32 bits per heavy atom. The van der Waals surface area contributed by atoms with Gasteiger partial charge in [0.1, 0.15) is 11.8 Å². The molecule has 8 nitrogen and oxygen atoms in total. The first-order valence-electron chi connectivity index (χ1n) is 11.6. The average Bonchev–Trinajstić information content (AvgIpc) is 2.83. The minimum absolute atomic E-state index is 0.0886. The molecule has 1 aliphatic heterocycles. The van der Waals surface area contributed by atoms with Crippen LogP contribution in [-0.4, -0.2) is 58.7 Å². The summed E-state index contributed by atoms with van der Waals surface area (Å²) >= 11 is 0. The van der Waals surface area contributed by atoms with Crippen LogP contribution in [0.5, 0.6) is 5.75 Å². The molecular weight excluding hydrogens is 454 g/mol. The van der Waals surface area contributed by atoms with Crippen LogP contribution in [-0.2, 0) is 32.6 Å². The number of rotatable bonds is 11. The molecule has 1 saturated heterocycles. The number of carbonyl (C=O) groups is 1. The number of hydrogen-bond acceptors (Lipinski definition) is 6. The summed E-state index contributed by atoms with van der Waals surface area (Å²) in [4.78, 5) is 15.5. The van der Waals surface area contributed by atoms with E-state index in [0.717, 1.165) is 44.0 Å². The number of nitrogens with zero attached hydrogens (tertiary/aromatic N) is 1. The lowest BCUT2D eigenvalue weighted by Gasteiger charge is -2.27. The van der Waals surface area contributed by atoms with Crippen molar-refractivity contribution in [1.82, 2.24) is 14.9 Å². The topological polar surface area (TPSA) is 97.0 Å². The Labute approximate surface area is 202 Å². The van der Waals surface area contributed by atoms with E-state index in [0.29, 0.717) is 18.7 Å². The minimum atomic E-state index is -3.87. The predicted octanol–water partition coefficient (Wildman–Crippen LogP) is 2.54. The van der Waals surface area contributed by atoms with Gasteiger partial charge in [-0.15, -0.1) is 0 Å². The van der Waals surface area contributed by atoms with Crippen molar-refractivity contribution in [2.45, 2.75) is 44.3 Å². The lowest BCUT2D eigenvalue weighted by atomic mass is 10.0. The maximum absolute atomic E-state index is 13.1. The average molecular weight is 490 g/mol. The van der Waals surface area contributed by atoms with Crippen LogP contribution in [0.4, 0.5) is 0 Å². The Balaban J connectivity index is 1.67. The quantitative estimate of drug-likeness (QED) is 0.504. The molecule has 1 unspecified atom stereocenters. The molecular formula is C25H35N3O5S. The van der Waals surface area contributed by atoms with Gasteiger partial charge in [0.2, 0.25) is 15.9 Å². The summed E-state index contributed by atoms with van der Waals surface area (Å²) in [5, 5.41) is 2.95. The van der Waals surface area contributed by atoms with Crippen molar-refractivity contribution in [2.24, 2.45) is 5.92 Å². The summed E-state index contributed by atoms with van der Waals surface area (Å²) in [5.41, 5.74) is 2.16. The minimum Gasteiger partial charge on any atom is -0.497 e. The molecule has 0 radical (unpaired) electrons. The van der Waals surface area contributed by atoms with E-state index in [1.54, 1.807) is 12.1 Å². The number of methoxy groups -OCH3 is 1. The fourth-order valence-corrected chi connectivity index (χ4v) is 5.09. The molecule has 2 aromatic carbocycles. The molecule has 34 heavy (non-hydrogen) atoms. The Hall–Kier alpha value is -2.46. The Kier molecular flexibility index (Phi) is 9.46. The lowest BCUT2D eigenvalue weighted by molar-refractivity contribution is -0.123. The van der Waals surface area contributed by atoms with Crippen molar-refractivity contribution < 1.29 is 22.7 Å². The maximum Gasteiger partial charge on any atom is 0.241 e. The second-order valence-corrected chi connectivity index (χ2v) is 10.6. The molecule has 0 aliphatic carbocycles. The molecule has 1 fully saturated rings. The molecule has 1 atom stereocenters. The van der Waals surface area contributed by atoms with E-state index < -0.39 is 16.1 Å². The van der Waals surface area contributed by atoms with Crippen LogP contribution in [0.3, 0.4) is 0 Å². The first-order valence-corrected chi connectivity index (χ1v) is 13.1. The van der Waals surface area contributed by atoms with E-state index in [1.165, 1.54) is 19.2 Å². The monoisotopic (exact) mass is 489 g/mol. The third-order valence-electron chi connectivity index (χ3n) is 5.76. The molecule has 0 spiro atoms. The fraction of sp³-hybridized carbons (Fsp3) is 0.480. The summed E-state index contributed by atoms with van der Waals surface area (Å²) in [6.07, 6.45) is 0.386. The number of nitrogens with one attached hydrogen (secondary N) is 2. The van der Waals surface area contributed by atoms with Gasteiger partial charge >= 0.3 is 0 Å². The molecule has 1 aliphatic rings. The lowest BCUT2D eigenvalue weighted by Crippen LogP contribution is -2.47. The van der Waals surface area contributed by atoms with E-state index in [-0.39, 0.29) is 16.7 Å². The fourth-order valence-electron chi connectivity index (χ4n) is 3.88. The zero-order valence-electron chi connectivity index (χ0n) is 20.1. The van der Waals surface area contributed by atoms with Gasteiger partial charge in [-0.3, -0.25) is 9.69 Å². The number of amides is 1. The van der Waals surface area contributed by atoms with Crippen molar-refractivity contribution in [2.75, 3.05) is 33.4 Å². The van der Waals surface area contributed by atoms with E-state index in [2.05, 4.69) is 21.0 Å². The van der Waals surface area contributed by atoms with Gasteiger partial charge in [0.05, 0.1) is 25.2 Å². The van der Waals surface area contributed by atoms with Gasteiger partial charge < -0.3 is 14.8 Å². The second kappa shape index (κ2) is 12.3. The summed E-state index contributed by atoms with van der Waals surface area (Å²) in [5.74, 6) is 0.348. The SMILES string of the molecule is COc1ccc(S(=O)(=O)NC(CC(C)C)C(=O)NCc2ccccc2CN2CCOCC2)cc1. The molecule has 0 saturated carbocycles. The third kappa shape index (κ3) is 7.53. The van der Waals surface area contributed by atoms with Crippen LogP contribution < -0.4 is 14.8 Å². The number of benzene rings is 2. The number of hydrogen-bond donors (Lipinski definition) is 2. The van der Waals surface area contributed by atoms with Crippen molar-refractivity contribution in [3.63, 3.8) is 0 Å². The smallest absolute Gasteiger partial charge is 0.241 e. The second-order valence-electron chi connectivity index (χ2n) is 8.85. The van der Waals surface area contributed by atoms with E-state index in [4.69, 9.17) is 9.47 Å². The van der Waals surface area contributed by atoms with Gasteiger partial charge in [0.15, 0.2) is 0 Å². The van der Waals surface area contributed by atoms with E-state index in [1.807, 2.05) is 32.0 Å². The molecule has 1 amide bonds. The molecule has 0 bridgehead atoms. The molecule has 2 N–H and O–H groups in total. The number of sulfonamides is 1. The van der Waals surface area contributed by atoms with Gasteiger partial charge in [-0.2, -0.15) is 4.72 Å². The van der Waals surface area contributed by atoms with Crippen molar-refractivity contribution in [3.8, 4) is 5.75 Å². The van der Waals surface area contributed by atoms with E-state index >= 15 is 0 Å². The summed E-state index contributed by atoms with van der Waals surface area (Å²) in [7, 11) is -2.35. The van der Waals surface area contributed by atoms with Crippen LogP contribution >= 0.6 is 0 Å². The van der Waals surface area contributed by atoms with Crippen LogP contribution in [0.1, 0.15) is 31.4 Å². The van der Waals surface area contributed by atoms with Crippen LogP contribution in [0.25, 0.3) is 0 Å². The van der Waals surface area contributed by atoms with Crippen molar-refractivity contribution in [3.05, 3.63) is 59.7 Å². The van der Waals surface area contributed by atoms with Gasteiger partial charge in [-0.1, -0.05) is 38.1 Å². The molecule has 2 aromatic rings. The number of morpholine rings is 1. The Morgan fingerprint density at radius 1 is 1.06 bits per heavy atom. The third-order valence-corrected chi connectivity index (χ3v) is 7.25. The molecule has 186 valence electrons. The van der Waals surface area contributed by atoms with Crippen LogP contribution in [0.2, 0.25) is 0 Å². The normalized spacial score (nSPS) is 15.8. The highest BCUT2D eigenvalue weighted by Crippen LogP contribution is 2.18. The zero-order chi connectivity index (χ0) is 24.6. The zero-order valence-corrected chi connectivity index (χ0v) is 20.9. The summed E-state index contributed by atoms with van der Waals surface area (Å²) in [6, 6.07) is 13.2. The highest BCUT2D eigenvalue weighted by atomic mass is 32.2.